The summed E-state index contributed by atoms with van der Waals surface area (Å²) < 4.78 is 2.15. The smallest absolute Gasteiger partial charge is 0.224 e. The first kappa shape index (κ1) is 25.1. The van der Waals surface area contributed by atoms with Crippen molar-refractivity contribution in [3.05, 3.63) is 71.5 Å². The van der Waals surface area contributed by atoms with Gasteiger partial charge in [-0.2, -0.15) is 0 Å². The van der Waals surface area contributed by atoms with Crippen molar-refractivity contribution in [2.45, 2.75) is 57.3 Å². The maximum atomic E-state index is 12.9. The molecule has 3 aromatic rings. The van der Waals surface area contributed by atoms with Crippen molar-refractivity contribution in [1.82, 2.24) is 19.7 Å². The Kier molecular flexibility index (Phi) is 9.08. The average Bonchev–Trinajstić information content (AvgIpc) is 3.25. The highest BCUT2D eigenvalue weighted by Crippen LogP contribution is 2.22. The number of piperidine rings is 1. The predicted octanol–water partition coefficient (Wildman–Crippen LogP) is 5.03. The molecule has 1 saturated heterocycles. The molecule has 2 heterocycles. The second kappa shape index (κ2) is 12.7. The molecule has 0 spiro atoms. The minimum atomic E-state index is -0.0137. The number of aromatic nitrogens is 3. The number of nitrogens with zero attached hydrogens (tertiary/aromatic N) is 4. The highest BCUT2D eigenvalue weighted by atomic mass is 32.2. The van der Waals surface area contributed by atoms with Gasteiger partial charge in [0.1, 0.15) is 5.82 Å². The Bertz CT molecular complexity index is 1110. The molecule has 1 aliphatic rings. The Morgan fingerprint density at radius 2 is 1.69 bits per heavy atom. The van der Waals surface area contributed by atoms with Crippen LogP contribution in [0.25, 0.3) is 0 Å². The lowest BCUT2D eigenvalue weighted by atomic mass is 10.1. The second-order valence-corrected chi connectivity index (χ2v) is 9.84. The van der Waals surface area contributed by atoms with Gasteiger partial charge in [0, 0.05) is 17.7 Å². The van der Waals surface area contributed by atoms with Crippen LogP contribution < -0.4 is 5.32 Å². The number of carbonyl (C=O) groups excluding carboxylic acids is 2. The molecule has 7 nitrogen and oxygen atoms in total. The van der Waals surface area contributed by atoms with E-state index in [2.05, 4.69) is 37.1 Å². The van der Waals surface area contributed by atoms with Gasteiger partial charge in [-0.1, -0.05) is 55.4 Å². The van der Waals surface area contributed by atoms with Gasteiger partial charge in [-0.3, -0.25) is 14.5 Å². The Morgan fingerprint density at radius 1 is 0.943 bits per heavy atom. The minimum absolute atomic E-state index is 0.0137. The molecule has 0 radical (unpaired) electrons. The number of hydrogen-bond donors (Lipinski definition) is 1. The number of thioether (sulfide) groups is 1. The molecule has 184 valence electrons. The second-order valence-electron chi connectivity index (χ2n) is 8.89. The van der Waals surface area contributed by atoms with E-state index >= 15 is 0 Å². The van der Waals surface area contributed by atoms with Gasteiger partial charge in [0.2, 0.25) is 5.91 Å². The Morgan fingerprint density at radius 3 is 2.40 bits per heavy atom. The summed E-state index contributed by atoms with van der Waals surface area (Å²) in [5.41, 5.74) is 2.51. The first-order valence-corrected chi connectivity index (χ1v) is 13.3. The summed E-state index contributed by atoms with van der Waals surface area (Å²) in [7, 11) is 0. The van der Waals surface area contributed by atoms with Crippen molar-refractivity contribution in [3.63, 3.8) is 0 Å². The lowest BCUT2D eigenvalue weighted by molar-refractivity contribution is -0.116. The molecular formula is C27H33N5O2S. The molecule has 1 amide bonds. The first-order valence-electron chi connectivity index (χ1n) is 12.4. The zero-order valence-electron chi connectivity index (χ0n) is 20.3. The fourth-order valence-corrected chi connectivity index (χ4v) is 5.04. The number of carbonyl (C=O) groups is 2. The van der Waals surface area contributed by atoms with Crippen LogP contribution in [0.1, 0.15) is 60.8 Å². The van der Waals surface area contributed by atoms with Crippen molar-refractivity contribution >= 4 is 29.1 Å². The summed E-state index contributed by atoms with van der Waals surface area (Å²) in [6.45, 7) is 5.61. The molecule has 4 rings (SSSR count). The van der Waals surface area contributed by atoms with Gasteiger partial charge < -0.3 is 9.88 Å². The van der Waals surface area contributed by atoms with Crippen LogP contribution in [0.3, 0.4) is 0 Å². The maximum Gasteiger partial charge on any atom is 0.224 e. The van der Waals surface area contributed by atoms with E-state index in [4.69, 9.17) is 0 Å². The molecular weight excluding hydrogens is 458 g/mol. The molecule has 0 atom stereocenters. The number of anilines is 1. The van der Waals surface area contributed by atoms with Crippen LogP contribution in [-0.4, -0.2) is 50.2 Å². The van der Waals surface area contributed by atoms with E-state index in [-0.39, 0.29) is 17.4 Å². The van der Waals surface area contributed by atoms with E-state index in [0.717, 1.165) is 37.0 Å². The van der Waals surface area contributed by atoms with Gasteiger partial charge in [-0.25, -0.2) is 0 Å². The number of amides is 1. The van der Waals surface area contributed by atoms with Gasteiger partial charge in [0.05, 0.1) is 18.8 Å². The van der Waals surface area contributed by atoms with Gasteiger partial charge in [-0.15, -0.1) is 10.2 Å². The first-order chi connectivity index (χ1) is 17.1. The SMILES string of the molecule is CCCC(=O)Nc1ccc(C(=O)CSc2nnc(CN3CCCCC3)n2Cc2ccccc2)cc1. The largest absolute Gasteiger partial charge is 0.326 e. The van der Waals surface area contributed by atoms with E-state index in [0.29, 0.717) is 24.2 Å². The number of ketones is 1. The lowest BCUT2D eigenvalue weighted by Gasteiger charge is -2.26. The van der Waals surface area contributed by atoms with E-state index in [1.807, 2.05) is 25.1 Å². The molecule has 2 aromatic carbocycles. The average molecular weight is 492 g/mol. The monoisotopic (exact) mass is 491 g/mol. The van der Waals surface area contributed by atoms with E-state index in [9.17, 15) is 9.59 Å². The summed E-state index contributed by atoms with van der Waals surface area (Å²) in [5.74, 6) is 1.23. The van der Waals surface area contributed by atoms with Crippen molar-refractivity contribution < 1.29 is 9.59 Å². The van der Waals surface area contributed by atoms with E-state index in [1.165, 1.54) is 36.6 Å². The Hall–Kier alpha value is -2.97. The third kappa shape index (κ3) is 7.26. The molecule has 0 saturated carbocycles. The third-order valence-electron chi connectivity index (χ3n) is 6.09. The van der Waals surface area contributed by atoms with Crippen LogP contribution in [0.4, 0.5) is 5.69 Å². The van der Waals surface area contributed by atoms with Crippen LogP contribution in [0.5, 0.6) is 0 Å². The fourth-order valence-electron chi connectivity index (χ4n) is 4.19. The number of rotatable bonds is 11. The number of hydrogen-bond acceptors (Lipinski definition) is 6. The quantitative estimate of drug-likeness (QED) is 0.299. The number of Topliss-reactive ketones (excluding diaryl/α,β-unsaturated/α-hetero) is 1. The molecule has 0 unspecified atom stereocenters. The van der Waals surface area contributed by atoms with Crippen LogP contribution in [0.2, 0.25) is 0 Å². The molecule has 0 bridgehead atoms. The van der Waals surface area contributed by atoms with E-state index < -0.39 is 0 Å². The lowest BCUT2D eigenvalue weighted by Crippen LogP contribution is -2.30. The normalized spacial score (nSPS) is 14.1. The fraction of sp³-hybridized carbons (Fsp3) is 0.407. The van der Waals surface area contributed by atoms with Crippen LogP contribution >= 0.6 is 11.8 Å². The standard InChI is InChI=1S/C27H33N5O2S/c1-2-9-26(34)28-23-14-12-22(13-15-23)24(33)20-35-27-30-29-25(19-31-16-7-4-8-17-31)32(27)18-21-10-5-3-6-11-21/h3,5-6,10-15H,2,4,7-9,16-20H2,1H3,(H,28,34). The van der Waals surface area contributed by atoms with Crippen molar-refractivity contribution in [2.75, 3.05) is 24.2 Å². The summed E-state index contributed by atoms with van der Waals surface area (Å²) in [5, 5.41) is 12.6. The molecule has 1 N–H and O–H groups in total. The molecule has 0 aliphatic carbocycles. The highest BCUT2D eigenvalue weighted by Gasteiger charge is 2.19. The van der Waals surface area contributed by atoms with E-state index in [1.54, 1.807) is 24.3 Å². The number of benzene rings is 2. The van der Waals surface area contributed by atoms with Crippen molar-refractivity contribution in [2.24, 2.45) is 0 Å². The maximum absolute atomic E-state index is 12.9. The topological polar surface area (TPSA) is 80.1 Å². The summed E-state index contributed by atoms with van der Waals surface area (Å²) in [4.78, 5) is 27.1. The van der Waals surface area contributed by atoms with Gasteiger partial charge in [0.15, 0.2) is 10.9 Å². The third-order valence-corrected chi connectivity index (χ3v) is 7.06. The molecule has 1 aromatic heterocycles. The summed E-state index contributed by atoms with van der Waals surface area (Å²) in [6.07, 6.45) is 5.03. The Labute approximate surface area is 211 Å². The van der Waals surface area contributed by atoms with Gasteiger partial charge in [0.25, 0.3) is 0 Å². The molecule has 1 fully saturated rings. The minimum Gasteiger partial charge on any atom is -0.326 e. The van der Waals surface area contributed by atoms with Crippen LogP contribution in [0, 0.1) is 0 Å². The van der Waals surface area contributed by atoms with Gasteiger partial charge in [-0.05, 0) is 62.2 Å². The highest BCUT2D eigenvalue weighted by molar-refractivity contribution is 7.99. The summed E-state index contributed by atoms with van der Waals surface area (Å²) >= 11 is 1.43. The molecule has 35 heavy (non-hydrogen) atoms. The van der Waals surface area contributed by atoms with Gasteiger partial charge >= 0.3 is 0 Å². The Balaban J connectivity index is 1.43. The van der Waals surface area contributed by atoms with Crippen LogP contribution in [-0.2, 0) is 17.9 Å². The predicted molar refractivity (Wildman–Crippen MR) is 140 cm³/mol. The zero-order chi connectivity index (χ0) is 24.5. The van der Waals surface area contributed by atoms with Crippen molar-refractivity contribution in [3.8, 4) is 0 Å². The zero-order valence-corrected chi connectivity index (χ0v) is 21.1. The van der Waals surface area contributed by atoms with Crippen molar-refractivity contribution in [1.29, 1.82) is 0 Å². The number of nitrogens with one attached hydrogen (secondary N) is 1. The molecule has 1 aliphatic heterocycles. The molecule has 8 heteroatoms. The van der Waals surface area contributed by atoms with Crippen LogP contribution in [0.15, 0.2) is 59.8 Å². The number of likely N-dealkylation sites (tertiary alicyclic amines) is 1. The summed E-state index contributed by atoms with van der Waals surface area (Å²) in [6, 6.07) is 17.4.